The van der Waals surface area contributed by atoms with Gasteiger partial charge in [-0.25, -0.2) is 4.79 Å². The number of amides is 3. The van der Waals surface area contributed by atoms with Gasteiger partial charge in [-0.2, -0.15) is 0 Å². The molecule has 22 heavy (non-hydrogen) atoms. The Morgan fingerprint density at radius 2 is 2.32 bits per heavy atom. The van der Waals surface area contributed by atoms with Crippen LogP contribution in [-0.2, 0) is 23.3 Å². The first-order valence-corrected chi connectivity index (χ1v) is 7.98. The fraction of sp³-hybridized carbons (Fsp3) is 0.429. The summed E-state index contributed by atoms with van der Waals surface area (Å²) in [6.45, 7) is 1.68. The number of fused-ring (bicyclic) bond motifs is 2. The summed E-state index contributed by atoms with van der Waals surface area (Å²) < 4.78 is 5.28. The van der Waals surface area contributed by atoms with Crippen LogP contribution in [0.15, 0.2) is 15.9 Å². The number of carbonyl (C=O) groups excluding carboxylic acids is 2. The number of thiophene rings is 1. The Balaban J connectivity index is 1.68. The van der Waals surface area contributed by atoms with Gasteiger partial charge >= 0.3 is 6.03 Å². The van der Waals surface area contributed by atoms with Crippen LogP contribution in [0.2, 0.25) is 0 Å². The van der Waals surface area contributed by atoms with Gasteiger partial charge in [0.25, 0.3) is 5.91 Å². The second-order valence-electron chi connectivity index (χ2n) is 5.55. The quantitative estimate of drug-likeness (QED) is 0.852. The van der Waals surface area contributed by atoms with E-state index in [0.29, 0.717) is 12.3 Å². The predicted molar refractivity (Wildman–Crippen MR) is 77.1 cm³/mol. The van der Waals surface area contributed by atoms with Gasteiger partial charge in [-0.1, -0.05) is 0 Å². The molecule has 114 valence electrons. The minimum atomic E-state index is -0.917. The lowest BCUT2D eigenvalue weighted by Crippen LogP contribution is -2.46. The second-order valence-corrected chi connectivity index (χ2v) is 6.55. The van der Waals surface area contributed by atoms with Gasteiger partial charge in [0.05, 0.1) is 0 Å². The molecule has 1 spiro atoms. The highest BCUT2D eigenvalue weighted by molar-refractivity contribution is 7.10. The van der Waals surface area contributed by atoms with E-state index in [9.17, 15) is 9.59 Å². The minimum Gasteiger partial charge on any atom is -0.424 e. The summed E-state index contributed by atoms with van der Waals surface area (Å²) in [5, 5.41) is 12.4. The number of carbonyl (C=O) groups is 2. The molecule has 3 heterocycles. The van der Waals surface area contributed by atoms with E-state index < -0.39 is 11.6 Å². The van der Waals surface area contributed by atoms with Crippen LogP contribution in [0.4, 0.5) is 4.79 Å². The molecule has 1 aliphatic carbocycles. The third-order valence-electron chi connectivity index (χ3n) is 4.20. The van der Waals surface area contributed by atoms with Crippen LogP contribution in [0.1, 0.15) is 35.1 Å². The molecule has 2 aromatic rings. The number of rotatable bonds is 2. The maximum atomic E-state index is 12.9. The molecule has 1 fully saturated rings. The van der Waals surface area contributed by atoms with E-state index in [1.54, 1.807) is 18.3 Å². The number of imide groups is 1. The Hall–Kier alpha value is -2.22. The van der Waals surface area contributed by atoms with Crippen molar-refractivity contribution >= 4 is 23.3 Å². The molecule has 7 nitrogen and oxygen atoms in total. The van der Waals surface area contributed by atoms with E-state index in [2.05, 4.69) is 15.5 Å². The summed E-state index contributed by atoms with van der Waals surface area (Å²) in [4.78, 5) is 27.6. The zero-order valence-corrected chi connectivity index (χ0v) is 12.8. The van der Waals surface area contributed by atoms with Gasteiger partial charge in [-0.05, 0) is 30.7 Å². The van der Waals surface area contributed by atoms with E-state index in [1.165, 1.54) is 9.78 Å². The lowest BCUT2D eigenvalue weighted by molar-refractivity contribution is -0.132. The van der Waals surface area contributed by atoms with Crippen LogP contribution in [0.5, 0.6) is 0 Å². The standard InChI is InChI=1S/C14H14N4O3S/c1-8-16-17-11(21-8)7-18-12(19)14(15-13(18)20)5-2-3-10-9(14)4-6-22-10/h4,6H,2-3,5,7H2,1H3,(H,15,20)/t14-/m1/s1. The Morgan fingerprint density at radius 3 is 3.09 bits per heavy atom. The van der Waals surface area contributed by atoms with Gasteiger partial charge in [0, 0.05) is 17.4 Å². The smallest absolute Gasteiger partial charge is 0.325 e. The maximum absolute atomic E-state index is 12.9. The lowest BCUT2D eigenvalue weighted by Gasteiger charge is -2.31. The number of nitrogens with one attached hydrogen (secondary N) is 1. The van der Waals surface area contributed by atoms with Crippen LogP contribution in [0, 0.1) is 6.92 Å². The molecule has 8 heteroatoms. The third kappa shape index (κ3) is 1.80. The minimum absolute atomic E-state index is 0.00667. The SMILES string of the molecule is Cc1nnc(CN2C(=O)N[C@@]3(CCCc4sccc43)C2=O)o1. The Kier molecular flexibility index (Phi) is 2.83. The van der Waals surface area contributed by atoms with Crippen molar-refractivity contribution in [3.05, 3.63) is 33.7 Å². The van der Waals surface area contributed by atoms with E-state index in [4.69, 9.17) is 4.42 Å². The highest BCUT2D eigenvalue weighted by atomic mass is 32.1. The number of hydrogen-bond acceptors (Lipinski definition) is 6. The summed E-state index contributed by atoms with van der Waals surface area (Å²) in [6.07, 6.45) is 2.47. The lowest BCUT2D eigenvalue weighted by atomic mass is 9.80. The van der Waals surface area contributed by atoms with Crippen molar-refractivity contribution in [3.8, 4) is 0 Å². The highest BCUT2D eigenvalue weighted by Crippen LogP contribution is 2.42. The highest BCUT2D eigenvalue weighted by Gasteiger charge is 2.54. The van der Waals surface area contributed by atoms with Crippen LogP contribution < -0.4 is 5.32 Å². The molecule has 0 unspecified atom stereocenters. The first-order chi connectivity index (χ1) is 10.6. The van der Waals surface area contributed by atoms with Crippen molar-refractivity contribution in [2.45, 2.75) is 38.3 Å². The van der Waals surface area contributed by atoms with Gasteiger partial charge in [0.1, 0.15) is 12.1 Å². The largest absolute Gasteiger partial charge is 0.424 e. The Morgan fingerprint density at radius 1 is 1.45 bits per heavy atom. The average Bonchev–Trinajstić information content (AvgIpc) is 3.17. The van der Waals surface area contributed by atoms with Gasteiger partial charge in [-0.3, -0.25) is 9.69 Å². The number of aromatic nitrogens is 2. The second kappa shape index (κ2) is 4.64. The molecule has 1 saturated heterocycles. The first kappa shape index (κ1) is 13.4. The molecule has 0 radical (unpaired) electrons. The molecule has 0 saturated carbocycles. The van der Waals surface area contributed by atoms with Crippen molar-refractivity contribution in [2.24, 2.45) is 0 Å². The Labute approximate surface area is 130 Å². The molecule has 1 atom stereocenters. The van der Waals surface area contributed by atoms with E-state index in [1.807, 2.05) is 11.4 Å². The molecule has 3 amide bonds. The van der Waals surface area contributed by atoms with Gasteiger partial charge in [0.2, 0.25) is 11.8 Å². The zero-order valence-electron chi connectivity index (χ0n) is 12.0. The van der Waals surface area contributed by atoms with Crippen LogP contribution in [0.25, 0.3) is 0 Å². The van der Waals surface area contributed by atoms with Crippen molar-refractivity contribution in [2.75, 3.05) is 0 Å². The number of aryl methyl sites for hydroxylation is 2. The number of urea groups is 1. The number of hydrogen-bond donors (Lipinski definition) is 1. The fourth-order valence-electron chi connectivity index (χ4n) is 3.22. The summed E-state index contributed by atoms with van der Waals surface area (Å²) in [5.41, 5.74) is 0.0195. The molecule has 1 N–H and O–H groups in total. The van der Waals surface area contributed by atoms with Crippen molar-refractivity contribution in [3.63, 3.8) is 0 Å². The molecule has 0 bridgehead atoms. The summed E-state index contributed by atoms with van der Waals surface area (Å²) in [7, 11) is 0. The molecule has 4 rings (SSSR count). The number of nitrogens with zero attached hydrogens (tertiary/aromatic N) is 3. The van der Waals surface area contributed by atoms with E-state index in [-0.39, 0.29) is 18.3 Å². The fourth-order valence-corrected chi connectivity index (χ4v) is 4.22. The van der Waals surface area contributed by atoms with E-state index in [0.717, 1.165) is 18.4 Å². The molecule has 2 aromatic heterocycles. The summed E-state index contributed by atoms with van der Waals surface area (Å²) >= 11 is 1.64. The molecule has 2 aliphatic rings. The molecular weight excluding hydrogens is 304 g/mol. The molecule has 0 aromatic carbocycles. The van der Waals surface area contributed by atoms with Gasteiger partial charge < -0.3 is 9.73 Å². The van der Waals surface area contributed by atoms with E-state index >= 15 is 0 Å². The average molecular weight is 318 g/mol. The first-order valence-electron chi connectivity index (χ1n) is 7.10. The monoisotopic (exact) mass is 318 g/mol. The Bertz CT molecular complexity index is 768. The predicted octanol–water partition coefficient (Wildman–Crippen LogP) is 1.72. The zero-order chi connectivity index (χ0) is 15.3. The van der Waals surface area contributed by atoms with Crippen LogP contribution in [-0.4, -0.2) is 27.0 Å². The summed E-state index contributed by atoms with van der Waals surface area (Å²) in [5.74, 6) is 0.446. The van der Waals surface area contributed by atoms with Crippen molar-refractivity contribution < 1.29 is 14.0 Å². The molecule has 1 aliphatic heterocycles. The van der Waals surface area contributed by atoms with Gasteiger partial charge in [-0.15, -0.1) is 21.5 Å². The van der Waals surface area contributed by atoms with Crippen molar-refractivity contribution in [1.82, 2.24) is 20.4 Å². The summed E-state index contributed by atoms with van der Waals surface area (Å²) in [6, 6.07) is 1.54. The third-order valence-corrected chi connectivity index (χ3v) is 5.18. The van der Waals surface area contributed by atoms with Crippen LogP contribution >= 0.6 is 11.3 Å². The topological polar surface area (TPSA) is 88.3 Å². The van der Waals surface area contributed by atoms with Gasteiger partial charge in [0.15, 0.2) is 0 Å². The normalized spacial score (nSPS) is 24.0. The maximum Gasteiger partial charge on any atom is 0.325 e. The van der Waals surface area contributed by atoms with Crippen molar-refractivity contribution in [1.29, 1.82) is 0 Å². The van der Waals surface area contributed by atoms with Crippen LogP contribution in [0.3, 0.4) is 0 Å². The molecular formula is C14H14N4O3S.